The highest BCUT2D eigenvalue weighted by molar-refractivity contribution is 7.89. The number of fused-ring (bicyclic) bond motifs is 1. The summed E-state index contributed by atoms with van der Waals surface area (Å²) in [6.45, 7) is 1.40. The maximum Gasteiger partial charge on any atom is 0.242 e. The summed E-state index contributed by atoms with van der Waals surface area (Å²) in [6, 6.07) is 11.1. The highest BCUT2D eigenvalue weighted by Crippen LogP contribution is 2.33. The number of sulfonamides is 1. The van der Waals surface area contributed by atoms with E-state index in [9.17, 15) is 13.2 Å². The average molecular weight is 431 g/mol. The van der Waals surface area contributed by atoms with Gasteiger partial charge in [-0.15, -0.1) is 11.3 Å². The van der Waals surface area contributed by atoms with Crippen LogP contribution in [0.3, 0.4) is 0 Å². The number of hydrogen-bond donors (Lipinski definition) is 1. The molecule has 4 rings (SSSR count). The Morgan fingerprint density at radius 1 is 1.24 bits per heavy atom. The maximum absolute atomic E-state index is 12.6. The standard InChI is InChI=1S/C20H22N4O3S2/c25-19(9-11-22-29(26,27)16-6-3-10-21-13-16)24-12-4-5-15(14-24)20-23-17-7-1-2-8-18(17)28-20/h1-3,6-8,10,13,15,22H,4-5,9,11-12,14H2. The molecule has 7 nitrogen and oxygen atoms in total. The first-order chi connectivity index (χ1) is 14.0. The SMILES string of the molecule is O=C(CCNS(=O)(=O)c1cccnc1)N1CCCC(c2nc3ccccc3s2)C1. The van der Waals surface area contributed by atoms with Gasteiger partial charge in [0.2, 0.25) is 15.9 Å². The van der Waals surface area contributed by atoms with Crippen LogP contribution in [0.4, 0.5) is 0 Å². The lowest BCUT2D eigenvalue weighted by atomic mass is 9.98. The van der Waals surface area contributed by atoms with Crippen molar-refractivity contribution < 1.29 is 13.2 Å². The number of para-hydroxylation sites is 1. The van der Waals surface area contributed by atoms with E-state index in [-0.39, 0.29) is 29.7 Å². The maximum atomic E-state index is 12.6. The molecule has 1 saturated heterocycles. The number of nitrogens with zero attached hydrogens (tertiary/aromatic N) is 3. The number of amides is 1. The molecular weight excluding hydrogens is 408 g/mol. The monoisotopic (exact) mass is 430 g/mol. The largest absolute Gasteiger partial charge is 0.342 e. The van der Waals surface area contributed by atoms with Crippen molar-refractivity contribution in [3.8, 4) is 0 Å². The van der Waals surface area contributed by atoms with Crippen LogP contribution in [0.25, 0.3) is 10.2 Å². The Morgan fingerprint density at radius 2 is 2.10 bits per heavy atom. The molecule has 0 saturated carbocycles. The zero-order chi connectivity index (χ0) is 20.3. The summed E-state index contributed by atoms with van der Waals surface area (Å²) in [6.07, 6.45) is 4.87. The molecule has 1 atom stereocenters. The van der Waals surface area contributed by atoms with Crippen LogP contribution in [-0.4, -0.2) is 48.8 Å². The molecule has 152 valence electrons. The highest BCUT2D eigenvalue weighted by Gasteiger charge is 2.27. The zero-order valence-corrected chi connectivity index (χ0v) is 17.5. The summed E-state index contributed by atoms with van der Waals surface area (Å²) in [5, 5.41) is 1.07. The molecule has 0 bridgehead atoms. The molecule has 9 heteroatoms. The molecule has 1 aliphatic rings. The normalized spacial score (nSPS) is 17.5. The molecule has 3 heterocycles. The molecular formula is C20H22N4O3S2. The molecule has 0 spiro atoms. The number of carbonyl (C=O) groups excluding carboxylic acids is 1. The van der Waals surface area contributed by atoms with Crippen LogP contribution in [0.1, 0.15) is 30.2 Å². The molecule has 1 N–H and O–H groups in total. The molecule has 0 radical (unpaired) electrons. The topological polar surface area (TPSA) is 92.3 Å². The molecule has 3 aromatic rings. The molecule has 1 fully saturated rings. The van der Waals surface area contributed by atoms with Gasteiger partial charge in [0.1, 0.15) is 4.90 Å². The second-order valence-corrected chi connectivity index (χ2v) is 9.86. The first-order valence-electron chi connectivity index (χ1n) is 9.56. The van der Waals surface area contributed by atoms with E-state index in [1.54, 1.807) is 17.4 Å². The Morgan fingerprint density at radius 3 is 2.90 bits per heavy atom. The predicted octanol–water partition coefficient (Wildman–Crippen LogP) is 2.77. The Hall–Kier alpha value is -2.36. The van der Waals surface area contributed by atoms with Gasteiger partial charge in [-0.1, -0.05) is 12.1 Å². The number of likely N-dealkylation sites (tertiary alicyclic amines) is 1. The van der Waals surface area contributed by atoms with Gasteiger partial charge in [-0.2, -0.15) is 0 Å². The van der Waals surface area contributed by atoms with E-state index < -0.39 is 10.0 Å². The van der Waals surface area contributed by atoms with Gasteiger partial charge in [0.25, 0.3) is 0 Å². The summed E-state index contributed by atoms with van der Waals surface area (Å²) in [5.74, 6) is 0.196. The summed E-state index contributed by atoms with van der Waals surface area (Å²) in [5.41, 5.74) is 1.00. The Kier molecular flexibility index (Phi) is 5.89. The van der Waals surface area contributed by atoms with Crippen LogP contribution in [0, 0.1) is 0 Å². The Bertz CT molecular complexity index is 1070. The van der Waals surface area contributed by atoms with Crippen molar-refractivity contribution >= 4 is 37.5 Å². The first-order valence-corrected chi connectivity index (χ1v) is 11.9. The zero-order valence-electron chi connectivity index (χ0n) is 15.8. The molecule has 1 unspecified atom stereocenters. The van der Waals surface area contributed by atoms with E-state index in [2.05, 4.69) is 15.8 Å². The smallest absolute Gasteiger partial charge is 0.242 e. The lowest BCUT2D eigenvalue weighted by Gasteiger charge is -2.32. The second kappa shape index (κ2) is 8.56. The summed E-state index contributed by atoms with van der Waals surface area (Å²) in [4.78, 5) is 23.1. The number of carbonyl (C=O) groups is 1. The highest BCUT2D eigenvalue weighted by atomic mass is 32.2. The van der Waals surface area contributed by atoms with Crippen LogP contribution in [-0.2, 0) is 14.8 Å². The van der Waals surface area contributed by atoms with Gasteiger partial charge in [0.05, 0.1) is 15.2 Å². The number of piperidine rings is 1. The van der Waals surface area contributed by atoms with Crippen molar-refractivity contribution in [2.75, 3.05) is 19.6 Å². The van der Waals surface area contributed by atoms with E-state index in [1.807, 2.05) is 23.1 Å². The van der Waals surface area contributed by atoms with Gasteiger partial charge in [-0.25, -0.2) is 18.1 Å². The minimum absolute atomic E-state index is 0.0373. The number of benzene rings is 1. The van der Waals surface area contributed by atoms with Crippen molar-refractivity contribution in [3.63, 3.8) is 0 Å². The van der Waals surface area contributed by atoms with Gasteiger partial charge < -0.3 is 4.90 Å². The lowest BCUT2D eigenvalue weighted by Crippen LogP contribution is -2.40. The van der Waals surface area contributed by atoms with Gasteiger partial charge in [0, 0.05) is 44.4 Å². The Labute approximate surface area is 173 Å². The van der Waals surface area contributed by atoms with Crippen molar-refractivity contribution in [2.24, 2.45) is 0 Å². The van der Waals surface area contributed by atoms with Crippen molar-refractivity contribution in [1.82, 2.24) is 19.6 Å². The fourth-order valence-corrected chi connectivity index (χ4v) is 5.60. The van der Waals surface area contributed by atoms with Gasteiger partial charge in [-0.05, 0) is 37.1 Å². The molecule has 1 amide bonds. The van der Waals surface area contributed by atoms with E-state index >= 15 is 0 Å². The first kappa shape index (κ1) is 19.9. The van der Waals surface area contributed by atoms with Crippen molar-refractivity contribution in [3.05, 3.63) is 53.8 Å². The van der Waals surface area contributed by atoms with Crippen molar-refractivity contribution in [1.29, 1.82) is 0 Å². The molecule has 2 aromatic heterocycles. The van der Waals surface area contributed by atoms with Gasteiger partial charge in [0.15, 0.2) is 0 Å². The summed E-state index contributed by atoms with van der Waals surface area (Å²) >= 11 is 1.69. The number of rotatable bonds is 6. The minimum atomic E-state index is -3.65. The van der Waals surface area contributed by atoms with E-state index in [0.29, 0.717) is 13.1 Å². The van der Waals surface area contributed by atoms with Crippen LogP contribution < -0.4 is 4.72 Å². The fraction of sp³-hybridized carbons (Fsp3) is 0.350. The lowest BCUT2D eigenvalue weighted by molar-refractivity contribution is -0.132. The summed E-state index contributed by atoms with van der Waals surface area (Å²) in [7, 11) is -3.65. The van der Waals surface area contributed by atoms with Crippen LogP contribution in [0.2, 0.25) is 0 Å². The van der Waals surface area contributed by atoms with Crippen molar-refractivity contribution in [2.45, 2.75) is 30.1 Å². The van der Waals surface area contributed by atoms with Gasteiger partial charge >= 0.3 is 0 Å². The molecule has 0 aliphatic carbocycles. The quantitative estimate of drug-likeness (QED) is 0.649. The van der Waals surface area contributed by atoms with Crippen LogP contribution in [0.15, 0.2) is 53.7 Å². The minimum Gasteiger partial charge on any atom is -0.342 e. The van der Waals surface area contributed by atoms with Crippen LogP contribution >= 0.6 is 11.3 Å². The number of hydrogen-bond acceptors (Lipinski definition) is 6. The number of thiazole rings is 1. The Balaban J connectivity index is 1.34. The predicted molar refractivity (Wildman–Crippen MR) is 112 cm³/mol. The fourth-order valence-electron chi connectivity index (χ4n) is 3.51. The van der Waals surface area contributed by atoms with E-state index in [1.165, 1.54) is 18.5 Å². The van der Waals surface area contributed by atoms with E-state index in [0.717, 1.165) is 28.1 Å². The number of nitrogens with one attached hydrogen (secondary N) is 1. The van der Waals surface area contributed by atoms with Gasteiger partial charge in [-0.3, -0.25) is 9.78 Å². The third-order valence-electron chi connectivity index (χ3n) is 5.01. The number of aromatic nitrogens is 2. The van der Waals surface area contributed by atoms with E-state index in [4.69, 9.17) is 4.98 Å². The number of pyridine rings is 1. The average Bonchev–Trinajstić information content (AvgIpc) is 3.19. The molecule has 29 heavy (non-hydrogen) atoms. The summed E-state index contributed by atoms with van der Waals surface area (Å²) < 4.78 is 28.1. The second-order valence-electron chi connectivity index (χ2n) is 7.04. The van der Waals surface area contributed by atoms with Crippen LogP contribution in [0.5, 0.6) is 0 Å². The third kappa shape index (κ3) is 4.63. The molecule has 1 aliphatic heterocycles. The third-order valence-corrected chi connectivity index (χ3v) is 7.65. The molecule has 1 aromatic carbocycles.